The first-order valence-electron chi connectivity index (χ1n) is 8.39. The van der Waals surface area contributed by atoms with Crippen molar-refractivity contribution in [1.82, 2.24) is 4.90 Å². The second-order valence-corrected chi connectivity index (χ2v) is 7.61. The molecule has 0 unspecified atom stereocenters. The Hall–Kier alpha value is -3.10. The Balaban J connectivity index is 1.68. The minimum absolute atomic E-state index is 0.114. The standard InChI is InChI=1S/C20H15ClN2O5S/c1-11-2-7-14(9-15(11)21)22-17(24)10-23-18(25)16(29-20(23)28)8-12-3-5-13(6-4-12)19(26)27/h2-9H,10H2,1H3,(H,22,24)(H,26,27)/b16-8+. The Morgan fingerprint density at radius 1 is 1.17 bits per heavy atom. The van der Waals surface area contributed by atoms with Crippen LogP contribution >= 0.6 is 23.4 Å². The van der Waals surface area contributed by atoms with E-state index in [9.17, 15) is 19.2 Å². The maximum absolute atomic E-state index is 12.5. The summed E-state index contributed by atoms with van der Waals surface area (Å²) in [5.74, 6) is -2.17. The molecule has 2 aromatic carbocycles. The molecule has 148 valence electrons. The lowest BCUT2D eigenvalue weighted by Crippen LogP contribution is -2.36. The van der Waals surface area contributed by atoms with Gasteiger partial charge in [0, 0.05) is 10.7 Å². The van der Waals surface area contributed by atoms with Gasteiger partial charge in [-0.05, 0) is 60.2 Å². The highest BCUT2D eigenvalue weighted by molar-refractivity contribution is 8.18. The number of amides is 3. The molecule has 1 heterocycles. The van der Waals surface area contributed by atoms with Crippen LogP contribution in [0.25, 0.3) is 6.08 Å². The smallest absolute Gasteiger partial charge is 0.335 e. The summed E-state index contributed by atoms with van der Waals surface area (Å²) in [5.41, 5.74) is 2.01. The van der Waals surface area contributed by atoms with Crippen LogP contribution in [0.5, 0.6) is 0 Å². The predicted octanol–water partition coefficient (Wildman–Crippen LogP) is 4.02. The van der Waals surface area contributed by atoms with E-state index in [-0.39, 0.29) is 10.5 Å². The number of benzene rings is 2. The number of carbonyl (C=O) groups is 4. The van der Waals surface area contributed by atoms with Crippen molar-refractivity contribution >= 4 is 58.1 Å². The predicted molar refractivity (Wildman–Crippen MR) is 111 cm³/mol. The normalized spacial score (nSPS) is 15.1. The summed E-state index contributed by atoms with van der Waals surface area (Å²) in [6.07, 6.45) is 1.48. The number of carboxylic acid groups (broad SMARTS) is 1. The topological polar surface area (TPSA) is 104 Å². The van der Waals surface area contributed by atoms with E-state index in [1.807, 2.05) is 6.92 Å². The van der Waals surface area contributed by atoms with E-state index in [0.717, 1.165) is 22.2 Å². The molecule has 0 aliphatic carbocycles. The van der Waals surface area contributed by atoms with Gasteiger partial charge in [-0.15, -0.1) is 0 Å². The fourth-order valence-electron chi connectivity index (χ4n) is 2.52. The van der Waals surface area contributed by atoms with E-state index in [2.05, 4.69) is 5.32 Å². The molecule has 1 aliphatic heterocycles. The summed E-state index contributed by atoms with van der Waals surface area (Å²) >= 11 is 6.74. The van der Waals surface area contributed by atoms with Gasteiger partial charge in [0.15, 0.2) is 0 Å². The lowest BCUT2D eigenvalue weighted by atomic mass is 10.1. The molecule has 9 heteroatoms. The molecule has 29 heavy (non-hydrogen) atoms. The minimum atomic E-state index is -1.06. The Kier molecular flexibility index (Phi) is 6.05. The lowest BCUT2D eigenvalue weighted by molar-refractivity contribution is -0.127. The molecule has 3 rings (SSSR count). The van der Waals surface area contributed by atoms with Crippen LogP contribution in [0.15, 0.2) is 47.4 Å². The van der Waals surface area contributed by atoms with Gasteiger partial charge in [-0.3, -0.25) is 19.3 Å². The summed E-state index contributed by atoms with van der Waals surface area (Å²) in [6, 6.07) is 10.9. The number of carboxylic acids is 1. The fraction of sp³-hybridized carbons (Fsp3) is 0.100. The van der Waals surface area contributed by atoms with Crippen LogP contribution in [0, 0.1) is 6.92 Å². The molecule has 1 aliphatic rings. The Bertz CT molecular complexity index is 1050. The van der Waals surface area contributed by atoms with Crippen molar-refractivity contribution in [3.63, 3.8) is 0 Å². The third kappa shape index (κ3) is 4.85. The van der Waals surface area contributed by atoms with Crippen molar-refractivity contribution in [2.45, 2.75) is 6.92 Å². The van der Waals surface area contributed by atoms with Gasteiger partial charge in [-0.25, -0.2) is 4.79 Å². The molecule has 7 nitrogen and oxygen atoms in total. The van der Waals surface area contributed by atoms with Gasteiger partial charge in [-0.2, -0.15) is 0 Å². The van der Waals surface area contributed by atoms with Crippen LogP contribution in [-0.4, -0.2) is 39.6 Å². The monoisotopic (exact) mass is 430 g/mol. The number of aryl methyl sites for hydroxylation is 1. The number of halogens is 1. The van der Waals surface area contributed by atoms with Gasteiger partial charge in [0.05, 0.1) is 10.5 Å². The first-order chi connectivity index (χ1) is 13.7. The second-order valence-electron chi connectivity index (χ2n) is 6.21. The quantitative estimate of drug-likeness (QED) is 0.694. The summed E-state index contributed by atoms with van der Waals surface area (Å²) in [7, 11) is 0. The molecule has 2 aromatic rings. The third-order valence-electron chi connectivity index (χ3n) is 4.09. The molecular weight excluding hydrogens is 416 g/mol. The molecule has 3 amide bonds. The summed E-state index contributed by atoms with van der Waals surface area (Å²) in [5, 5.41) is 11.5. The molecule has 1 fully saturated rings. The van der Waals surface area contributed by atoms with Gasteiger partial charge in [0.25, 0.3) is 11.1 Å². The van der Waals surface area contributed by atoms with Crippen molar-refractivity contribution in [3.8, 4) is 0 Å². The van der Waals surface area contributed by atoms with Crippen LogP contribution in [0.3, 0.4) is 0 Å². The fourth-order valence-corrected chi connectivity index (χ4v) is 3.54. The molecule has 0 bridgehead atoms. The van der Waals surface area contributed by atoms with E-state index >= 15 is 0 Å². The first-order valence-corrected chi connectivity index (χ1v) is 9.59. The van der Waals surface area contributed by atoms with Crippen molar-refractivity contribution in [2.24, 2.45) is 0 Å². The number of rotatable bonds is 5. The molecule has 0 radical (unpaired) electrons. The Labute approximate surface area is 175 Å². The maximum atomic E-state index is 12.5. The highest BCUT2D eigenvalue weighted by atomic mass is 35.5. The zero-order valence-corrected chi connectivity index (χ0v) is 16.7. The minimum Gasteiger partial charge on any atom is -0.478 e. The number of anilines is 1. The number of carbonyl (C=O) groups excluding carboxylic acids is 3. The largest absolute Gasteiger partial charge is 0.478 e. The number of nitrogens with one attached hydrogen (secondary N) is 1. The molecule has 2 N–H and O–H groups in total. The van der Waals surface area contributed by atoms with E-state index < -0.39 is 29.6 Å². The number of hydrogen-bond acceptors (Lipinski definition) is 5. The first kappa shape index (κ1) is 20.6. The number of imide groups is 1. The van der Waals surface area contributed by atoms with Crippen molar-refractivity contribution in [1.29, 1.82) is 0 Å². The third-order valence-corrected chi connectivity index (χ3v) is 5.40. The average Bonchev–Trinajstić information content (AvgIpc) is 2.92. The van der Waals surface area contributed by atoms with Crippen LogP contribution in [-0.2, 0) is 9.59 Å². The van der Waals surface area contributed by atoms with Gasteiger partial charge in [0.1, 0.15) is 6.54 Å². The lowest BCUT2D eigenvalue weighted by Gasteiger charge is -2.13. The summed E-state index contributed by atoms with van der Waals surface area (Å²) < 4.78 is 0. The number of hydrogen-bond donors (Lipinski definition) is 2. The molecule has 1 saturated heterocycles. The van der Waals surface area contributed by atoms with Gasteiger partial charge in [0.2, 0.25) is 5.91 Å². The van der Waals surface area contributed by atoms with E-state index in [1.165, 1.54) is 30.3 Å². The molecular formula is C20H15ClN2O5S. The second kappa shape index (κ2) is 8.50. The van der Waals surface area contributed by atoms with Crippen molar-refractivity contribution < 1.29 is 24.3 Å². The molecule has 0 saturated carbocycles. The molecule has 0 spiro atoms. The van der Waals surface area contributed by atoms with E-state index in [4.69, 9.17) is 16.7 Å². The van der Waals surface area contributed by atoms with Crippen LogP contribution in [0.4, 0.5) is 10.5 Å². The zero-order chi connectivity index (χ0) is 21.1. The number of thioether (sulfide) groups is 1. The number of aromatic carboxylic acids is 1. The van der Waals surface area contributed by atoms with Crippen LogP contribution < -0.4 is 5.32 Å². The Morgan fingerprint density at radius 2 is 1.86 bits per heavy atom. The van der Waals surface area contributed by atoms with E-state index in [1.54, 1.807) is 18.2 Å². The zero-order valence-electron chi connectivity index (χ0n) is 15.1. The Morgan fingerprint density at radius 3 is 2.48 bits per heavy atom. The summed E-state index contributed by atoms with van der Waals surface area (Å²) in [6.45, 7) is 1.40. The molecule has 0 atom stereocenters. The van der Waals surface area contributed by atoms with Crippen LogP contribution in [0.1, 0.15) is 21.5 Å². The highest BCUT2D eigenvalue weighted by Crippen LogP contribution is 2.32. The summed E-state index contributed by atoms with van der Waals surface area (Å²) in [4.78, 5) is 48.8. The SMILES string of the molecule is Cc1ccc(NC(=O)CN2C(=O)S/C(=C/c3ccc(C(=O)O)cc3)C2=O)cc1Cl. The van der Waals surface area contributed by atoms with Gasteiger partial charge < -0.3 is 10.4 Å². The van der Waals surface area contributed by atoms with Gasteiger partial charge in [-0.1, -0.05) is 29.8 Å². The maximum Gasteiger partial charge on any atom is 0.335 e. The van der Waals surface area contributed by atoms with E-state index in [0.29, 0.717) is 16.3 Å². The van der Waals surface area contributed by atoms with Gasteiger partial charge >= 0.3 is 5.97 Å². The average molecular weight is 431 g/mol. The highest BCUT2D eigenvalue weighted by Gasteiger charge is 2.36. The van der Waals surface area contributed by atoms with Crippen LogP contribution in [0.2, 0.25) is 5.02 Å². The van der Waals surface area contributed by atoms with Crippen molar-refractivity contribution in [3.05, 3.63) is 69.1 Å². The number of nitrogens with zero attached hydrogens (tertiary/aromatic N) is 1. The molecule has 0 aromatic heterocycles. The van der Waals surface area contributed by atoms with Crippen molar-refractivity contribution in [2.75, 3.05) is 11.9 Å².